The number of fused-ring (bicyclic) bond motifs is 1. The zero-order chi connectivity index (χ0) is 15.0. The maximum Gasteiger partial charge on any atom is 0.255 e. The van der Waals surface area contributed by atoms with E-state index in [0.29, 0.717) is 29.8 Å². The quantitative estimate of drug-likeness (QED) is 0.838. The predicted octanol–water partition coefficient (Wildman–Crippen LogP) is 2.44. The fourth-order valence-corrected chi connectivity index (χ4v) is 2.95. The molecule has 0 unspecified atom stereocenters. The fraction of sp³-hybridized carbons (Fsp3) is 0.333. The molecule has 0 saturated carbocycles. The van der Waals surface area contributed by atoms with E-state index >= 15 is 0 Å². The molecule has 1 aromatic carbocycles. The lowest BCUT2D eigenvalue weighted by Crippen LogP contribution is -2.35. The minimum Gasteiger partial charge on any atom is -0.334 e. The van der Waals surface area contributed by atoms with Gasteiger partial charge < -0.3 is 4.98 Å². The normalized spacial score (nSPS) is 15.0. The molecular weight excluding hydrogens is 289 g/mol. The van der Waals surface area contributed by atoms with Crippen LogP contribution in [0.15, 0.2) is 23.0 Å². The van der Waals surface area contributed by atoms with E-state index in [0.717, 1.165) is 23.4 Å². The first kappa shape index (κ1) is 14.2. The van der Waals surface area contributed by atoms with Crippen molar-refractivity contribution < 1.29 is 4.39 Å². The maximum atomic E-state index is 13.6. The largest absolute Gasteiger partial charge is 0.334 e. The standard InChI is InChI=1S/C15H16FN3OS/c1-9-10(3-2-4-12(9)16)7-19-6-5-11-13(8-19)17-15(21)18-14(11)20/h2-4H,5-8H2,1H3,(H2,17,18,20,21). The molecule has 3 rings (SSSR count). The first-order valence-electron chi connectivity index (χ1n) is 6.85. The molecule has 1 aliphatic heterocycles. The third-order valence-corrected chi connectivity index (χ3v) is 4.17. The monoisotopic (exact) mass is 305 g/mol. The minimum absolute atomic E-state index is 0.102. The zero-order valence-corrected chi connectivity index (χ0v) is 12.5. The molecule has 21 heavy (non-hydrogen) atoms. The first-order chi connectivity index (χ1) is 10.0. The molecule has 2 N–H and O–H groups in total. The lowest BCUT2D eigenvalue weighted by Gasteiger charge is -2.28. The second-order valence-corrected chi connectivity index (χ2v) is 5.76. The molecule has 0 spiro atoms. The molecule has 110 valence electrons. The molecule has 0 atom stereocenters. The molecule has 2 aromatic rings. The van der Waals surface area contributed by atoms with E-state index in [-0.39, 0.29) is 11.4 Å². The lowest BCUT2D eigenvalue weighted by atomic mass is 10.0. The topological polar surface area (TPSA) is 51.9 Å². The number of rotatable bonds is 2. The summed E-state index contributed by atoms with van der Waals surface area (Å²) >= 11 is 5.01. The molecule has 0 bridgehead atoms. The van der Waals surface area contributed by atoms with E-state index < -0.39 is 0 Å². The maximum absolute atomic E-state index is 13.6. The smallest absolute Gasteiger partial charge is 0.255 e. The summed E-state index contributed by atoms with van der Waals surface area (Å²) in [5.74, 6) is -0.180. The highest BCUT2D eigenvalue weighted by Crippen LogP contribution is 2.19. The fourth-order valence-electron chi connectivity index (χ4n) is 2.73. The van der Waals surface area contributed by atoms with Crippen molar-refractivity contribution in [3.63, 3.8) is 0 Å². The molecule has 1 aliphatic rings. The highest BCUT2D eigenvalue weighted by Gasteiger charge is 2.20. The summed E-state index contributed by atoms with van der Waals surface area (Å²) in [6.45, 7) is 3.85. The molecule has 2 heterocycles. The van der Waals surface area contributed by atoms with E-state index in [9.17, 15) is 9.18 Å². The van der Waals surface area contributed by atoms with Gasteiger partial charge >= 0.3 is 0 Å². The number of aromatic amines is 2. The Morgan fingerprint density at radius 2 is 2.19 bits per heavy atom. The van der Waals surface area contributed by atoms with E-state index in [4.69, 9.17) is 12.2 Å². The highest BCUT2D eigenvalue weighted by atomic mass is 32.1. The first-order valence-corrected chi connectivity index (χ1v) is 7.26. The Balaban J connectivity index is 1.85. The van der Waals surface area contributed by atoms with E-state index in [1.807, 2.05) is 6.07 Å². The summed E-state index contributed by atoms with van der Waals surface area (Å²) < 4.78 is 13.9. The van der Waals surface area contributed by atoms with Gasteiger partial charge in [-0.2, -0.15) is 0 Å². The Kier molecular flexibility index (Phi) is 3.73. The summed E-state index contributed by atoms with van der Waals surface area (Å²) in [5, 5.41) is 0. The molecule has 6 heteroatoms. The number of H-pyrrole nitrogens is 2. The average molecular weight is 305 g/mol. The van der Waals surface area contributed by atoms with Crippen molar-refractivity contribution in [3.8, 4) is 0 Å². The molecule has 0 saturated heterocycles. The summed E-state index contributed by atoms with van der Waals surface area (Å²) in [6.07, 6.45) is 0.672. The summed E-state index contributed by atoms with van der Waals surface area (Å²) in [4.78, 5) is 19.7. The Morgan fingerprint density at radius 1 is 1.38 bits per heavy atom. The number of halogens is 1. The van der Waals surface area contributed by atoms with Gasteiger partial charge in [0.2, 0.25) is 0 Å². The minimum atomic E-state index is -0.180. The number of nitrogens with zero attached hydrogens (tertiary/aromatic N) is 1. The van der Waals surface area contributed by atoms with Crippen molar-refractivity contribution in [1.82, 2.24) is 14.9 Å². The van der Waals surface area contributed by atoms with Crippen LogP contribution in [0.3, 0.4) is 0 Å². The van der Waals surface area contributed by atoms with Crippen molar-refractivity contribution in [1.29, 1.82) is 0 Å². The van der Waals surface area contributed by atoms with E-state index in [1.54, 1.807) is 13.0 Å². The molecule has 0 amide bonds. The van der Waals surface area contributed by atoms with Crippen molar-refractivity contribution in [2.24, 2.45) is 0 Å². The average Bonchev–Trinajstić information content (AvgIpc) is 2.43. The second kappa shape index (κ2) is 5.54. The number of benzene rings is 1. The number of nitrogens with one attached hydrogen (secondary N) is 2. The summed E-state index contributed by atoms with van der Waals surface area (Å²) in [5.41, 5.74) is 3.19. The Hall–Kier alpha value is -1.79. The van der Waals surface area contributed by atoms with Crippen molar-refractivity contribution in [2.75, 3.05) is 6.54 Å². The molecule has 0 radical (unpaired) electrons. The predicted molar refractivity (Wildman–Crippen MR) is 81.2 cm³/mol. The van der Waals surface area contributed by atoms with Crippen LogP contribution in [0, 0.1) is 17.5 Å². The van der Waals surface area contributed by atoms with Crippen molar-refractivity contribution in [3.05, 3.63) is 61.5 Å². The van der Waals surface area contributed by atoms with Crippen LogP contribution in [-0.4, -0.2) is 21.4 Å². The zero-order valence-electron chi connectivity index (χ0n) is 11.7. The Morgan fingerprint density at radius 3 is 3.00 bits per heavy atom. The number of hydrogen-bond donors (Lipinski definition) is 2. The van der Waals surface area contributed by atoms with Gasteiger partial charge in [0.15, 0.2) is 4.77 Å². The third-order valence-electron chi connectivity index (χ3n) is 3.96. The van der Waals surface area contributed by atoms with Crippen molar-refractivity contribution >= 4 is 12.2 Å². The molecular formula is C15H16FN3OS. The van der Waals surface area contributed by atoms with Gasteiger partial charge in [-0.3, -0.25) is 14.7 Å². The van der Waals surface area contributed by atoms with Gasteiger partial charge in [-0.1, -0.05) is 12.1 Å². The van der Waals surface area contributed by atoms with Gasteiger partial charge in [-0.15, -0.1) is 0 Å². The Bertz CT molecular complexity index is 796. The lowest BCUT2D eigenvalue weighted by molar-refractivity contribution is 0.239. The summed E-state index contributed by atoms with van der Waals surface area (Å²) in [6, 6.07) is 5.14. The van der Waals surface area contributed by atoms with Crippen LogP contribution in [0.1, 0.15) is 22.4 Å². The van der Waals surface area contributed by atoms with Crippen LogP contribution in [0.2, 0.25) is 0 Å². The Labute approximate surface area is 126 Å². The molecule has 1 aromatic heterocycles. The highest BCUT2D eigenvalue weighted by molar-refractivity contribution is 7.71. The summed E-state index contributed by atoms with van der Waals surface area (Å²) in [7, 11) is 0. The second-order valence-electron chi connectivity index (χ2n) is 5.35. The molecule has 0 aliphatic carbocycles. The number of aromatic nitrogens is 2. The van der Waals surface area contributed by atoms with Crippen LogP contribution in [-0.2, 0) is 19.5 Å². The van der Waals surface area contributed by atoms with Gasteiger partial charge in [0.25, 0.3) is 5.56 Å². The van der Waals surface area contributed by atoms with Crippen LogP contribution < -0.4 is 5.56 Å². The van der Waals surface area contributed by atoms with Crippen LogP contribution in [0.25, 0.3) is 0 Å². The van der Waals surface area contributed by atoms with Crippen molar-refractivity contribution in [2.45, 2.75) is 26.4 Å². The van der Waals surface area contributed by atoms with Gasteiger partial charge in [-0.05, 0) is 42.8 Å². The molecule has 0 fully saturated rings. The SMILES string of the molecule is Cc1c(F)cccc1CN1CCc2c([nH]c(=S)[nH]c2=O)C1. The van der Waals surface area contributed by atoms with Gasteiger partial charge in [0.1, 0.15) is 5.82 Å². The van der Waals surface area contributed by atoms with E-state index in [1.165, 1.54) is 6.07 Å². The van der Waals surface area contributed by atoms with E-state index in [2.05, 4.69) is 14.9 Å². The van der Waals surface area contributed by atoms with Crippen LogP contribution in [0.4, 0.5) is 4.39 Å². The van der Waals surface area contributed by atoms with Gasteiger partial charge in [0, 0.05) is 30.9 Å². The number of hydrogen-bond acceptors (Lipinski definition) is 3. The third kappa shape index (κ3) is 2.82. The van der Waals surface area contributed by atoms with Gasteiger partial charge in [-0.25, -0.2) is 4.39 Å². The van der Waals surface area contributed by atoms with Crippen LogP contribution in [0.5, 0.6) is 0 Å². The van der Waals surface area contributed by atoms with Gasteiger partial charge in [0.05, 0.1) is 0 Å². The molecule has 4 nitrogen and oxygen atoms in total. The van der Waals surface area contributed by atoms with Crippen LogP contribution >= 0.6 is 12.2 Å².